The minimum Gasteiger partial charge on any atom is -0.497 e. The van der Waals surface area contributed by atoms with Gasteiger partial charge in [0.15, 0.2) is 0 Å². The van der Waals surface area contributed by atoms with Gasteiger partial charge in [-0.3, -0.25) is 0 Å². The van der Waals surface area contributed by atoms with Gasteiger partial charge in [0.25, 0.3) is 0 Å². The van der Waals surface area contributed by atoms with Crippen molar-refractivity contribution in [3.05, 3.63) is 29.8 Å². The highest BCUT2D eigenvalue weighted by atomic mass is 16.5. The van der Waals surface area contributed by atoms with Crippen LogP contribution in [-0.2, 0) is 0 Å². The quantitative estimate of drug-likeness (QED) is 0.768. The van der Waals surface area contributed by atoms with Crippen molar-refractivity contribution in [2.24, 2.45) is 5.92 Å². The molecule has 2 heteroatoms. The zero-order chi connectivity index (χ0) is 9.26. The first-order valence-corrected chi connectivity index (χ1v) is 4.63. The second-order valence-corrected chi connectivity index (χ2v) is 3.56. The predicted octanol–water partition coefficient (Wildman–Crippen LogP) is 2.14. The van der Waals surface area contributed by atoms with Gasteiger partial charge in [-0.15, -0.1) is 0 Å². The van der Waals surface area contributed by atoms with Crippen molar-refractivity contribution >= 4 is 0 Å². The van der Waals surface area contributed by atoms with E-state index in [-0.39, 0.29) is 6.10 Å². The minimum absolute atomic E-state index is 0.272. The summed E-state index contributed by atoms with van der Waals surface area (Å²) in [5.74, 6) is 1.33. The van der Waals surface area contributed by atoms with E-state index in [9.17, 15) is 5.11 Å². The lowest BCUT2D eigenvalue weighted by atomic mass is 10.1. The monoisotopic (exact) mass is 178 g/mol. The molecule has 0 aromatic heterocycles. The Hall–Kier alpha value is -1.02. The molecule has 0 bridgehead atoms. The first-order chi connectivity index (χ1) is 6.31. The van der Waals surface area contributed by atoms with Crippen LogP contribution in [0.2, 0.25) is 0 Å². The topological polar surface area (TPSA) is 29.5 Å². The van der Waals surface area contributed by atoms with E-state index in [4.69, 9.17) is 4.74 Å². The number of aliphatic hydroxyl groups excluding tert-OH is 1. The van der Waals surface area contributed by atoms with E-state index < -0.39 is 0 Å². The van der Waals surface area contributed by atoms with Crippen LogP contribution >= 0.6 is 0 Å². The van der Waals surface area contributed by atoms with Gasteiger partial charge < -0.3 is 9.84 Å². The Labute approximate surface area is 78.2 Å². The van der Waals surface area contributed by atoms with Crippen LogP contribution in [0.15, 0.2) is 24.3 Å². The van der Waals surface area contributed by atoms with E-state index in [2.05, 4.69) is 0 Å². The number of aliphatic hydroxyl groups is 1. The van der Waals surface area contributed by atoms with Gasteiger partial charge in [-0.05, 0) is 36.5 Å². The number of rotatable bonds is 3. The van der Waals surface area contributed by atoms with Crippen LogP contribution in [-0.4, -0.2) is 12.2 Å². The summed E-state index contributed by atoms with van der Waals surface area (Å²) in [5.41, 5.74) is 1.00. The summed E-state index contributed by atoms with van der Waals surface area (Å²) >= 11 is 0. The third-order valence-electron chi connectivity index (χ3n) is 2.53. The summed E-state index contributed by atoms with van der Waals surface area (Å²) in [5, 5.41) is 9.78. The van der Waals surface area contributed by atoms with E-state index in [0.29, 0.717) is 5.92 Å². The third kappa shape index (κ3) is 1.83. The Bertz CT molecular complexity index is 275. The highest BCUT2D eigenvalue weighted by Crippen LogP contribution is 2.40. The molecule has 0 unspecified atom stereocenters. The van der Waals surface area contributed by atoms with Crippen LogP contribution in [0.1, 0.15) is 24.5 Å². The van der Waals surface area contributed by atoms with Gasteiger partial charge in [0, 0.05) is 0 Å². The van der Waals surface area contributed by atoms with Gasteiger partial charge in [-0.1, -0.05) is 12.1 Å². The van der Waals surface area contributed by atoms with Crippen LogP contribution in [0, 0.1) is 5.92 Å². The van der Waals surface area contributed by atoms with E-state index >= 15 is 0 Å². The van der Waals surface area contributed by atoms with Gasteiger partial charge >= 0.3 is 0 Å². The van der Waals surface area contributed by atoms with Crippen molar-refractivity contribution in [3.8, 4) is 5.75 Å². The molecule has 1 fully saturated rings. The van der Waals surface area contributed by atoms with Crippen LogP contribution < -0.4 is 4.74 Å². The molecule has 1 aromatic rings. The molecule has 1 aliphatic rings. The number of benzene rings is 1. The van der Waals surface area contributed by atoms with Crippen molar-refractivity contribution in [3.63, 3.8) is 0 Å². The second kappa shape index (κ2) is 3.38. The molecule has 1 aromatic carbocycles. The molecule has 0 aliphatic heterocycles. The maximum absolute atomic E-state index is 9.78. The fourth-order valence-electron chi connectivity index (χ4n) is 1.49. The van der Waals surface area contributed by atoms with Gasteiger partial charge in [-0.2, -0.15) is 0 Å². The Kier molecular flexibility index (Phi) is 2.23. The van der Waals surface area contributed by atoms with Gasteiger partial charge in [-0.25, -0.2) is 0 Å². The highest BCUT2D eigenvalue weighted by molar-refractivity contribution is 5.29. The largest absolute Gasteiger partial charge is 0.497 e. The molecule has 13 heavy (non-hydrogen) atoms. The molecular weight excluding hydrogens is 164 g/mol. The molecule has 1 N–H and O–H groups in total. The Morgan fingerprint density at radius 1 is 1.31 bits per heavy atom. The minimum atomic E-state index is -0.272. The number of hydrogen-bond acceptors (Lipinski definition) is 2. The highest BCUT2D eigenvalue weighted by Gasteiger charge is 2.30. The lowest BCUT2D eigenvalue weighted by Gasteiger charge is -2.09. The second-order valence-electron chi connectivity index (χ2n) is 3.56. The zero-order valence-electron chi connectivity index (χ0n) is 7.73. The smallest absolute Gasteiger partial charge is 0.118 e. The first-order valence-electron chi connectivity index (χ1n) is 4.63. The van der Waals surface area contributed by atoms with E-state index in [1.165, 1.54) is 0 Å². The molecule has 0 saturated heterocycles. The average molecular weight is 178 g/mol. The van der Waals surface area contributed by atoms with Gasteiger partial charge in [0.05, 0.1) is 13.2 Å². The Morgan fingerprint density at radius 3 is 2.38 bits per heavy atom. The van der Waals surface area contributed by atoms with Crippen molar-refractivity contribution in [2.75, 3.05) is 7.11 Å². The normalized spacial score (nSPS) is 18.3. The van der Waals surface area contributed by atoms with Crippen LogP contribution in [0.25, 0.3) is 0 Å². The molecule has 0 spiro atoms. The standard InChI is InChI=1S/C11H14O2/c1-13-10-6-4-9(5-7-10)11(12)8-2-3-8/h4-8,11-12H,2-3H2,1H3/t11-/m0/s1. The van der Waals surface area contributed by atoms with Crippen LogP contribution in [0.4, 0.5) is 0 Å². The molecule has 2 rings (SSSR count). The van der Waals surface area contributed by atoms with Crippen LogP contribution in [0.3, 0.4) is 0 Å². The molecule has 70 valence electrons. The molecular formula is C11H14O2. The number of ether oxygens (including phenoxy) is 1. The van der Waals surface area contributed by atoms with Gasteiger partial charge in [0.1, 0.15) is 5.75 Å². The van der Waals surface area contributed by atoms with Crippen molar-refractivity contribution in [1.29, 1.82) is 0 Å². The molecule has 0 heterocycles. The lowest BCUT2D eigenvalue weighted by Crippen LogP contribution is -1.98. The molecule has 1 saturated carbocycles. The zero-order valence-corrected chi connectivity index (χ0v) is 7.73. The van der Waals surface area contributed by atoms with E-state index in [1.807, 2.05) is 24.3 Å². The summed E-state index contributed by atoms with van der Waals surface area (Å²) in [4.78, 5) is 0. The summed E-state index contributed by atoms with van der Waals surface area (Å²) in [6.07, 6.45) is 2.05. The summed E-state index contributed by atoms with van der Waals surface area (Å²) in [6, 6.07) is 7.64. The van der Waals surface area contributed by atoms with Crippen LogP contribution in [0.5, 0.6) is 5.75 Å². The Balaban J connectivity index is 2.11. The maximum Gasteiger partial charge on any atom is 0.118 e. The van der Waals surface area contributed by atoms with Crippen molar-refractivity contribution in [1.82, 2.24) is 0 Å². The SMILES string of the molecule is COc1ccc([C@@H](O)C2CC2)cc1. The summed E-state index contributed by atoms with van der Waals surface area (Å²) in [6.45, 7) is 0. The lowest BCUT2D eigenvalue weighted by molar-refractivity contribution is 0.154. The van der Waals surface area contributed by atoms with E-state index in [0.717, 1.165) is 24.2 Å². The predicted molar refractivity (Wildman–Crippen MR) is 50.7 cm³/mol. The third-order valence-corrected chi connectivity index (χ3v) is 2.53. The first kappa shape index (κ1) is 8.57. The Morgan fingerprint density at radius 2 is 1.92 bits per heavy atom. The summed E-state index contributed by atoms with van der Waals surface area (Å²) in [7, 11) is 1.65. The molecule has 0 amide bonds. The number of hydrogen-bond donors (Lipinski definition) is 1. The molecule has 1 aliphatic carbocycles. The molecule has 1 atom stereocenters. The van der Waals surface area contributed by atoms with Gasteiger partial charge in [0.2, 0.25) is 0 Å². The maximum atomic E-state index is 9.78. The summed E-state index contributed by atoms with van der Waals surface area (Å²) < 4.78 is 5.04. The van der Waals surface area contributed by atoms with Crippen molar-refractivity contribution < 1.29 is 9.84 Å². The molecule has 2 nitrogen and oxygen atoms in total. The van der Waals surface area contributed by atoms with Crippen molar-refractivity contribution in [2.45, 2.75) is 18.9 Å². The fraction of sp³-hybridized carbons (Fsp3) is 0.455. The number of methoxy groups -OCH3 is 1. The molecule has 0 radical (unpaired) electrons. The van der Waals surface area contributed by atoms with E-state index in [1.54, 1.807) is 7.11 Å². The fourth-order valence-corrected chi connectivity index (χ4v) is 1.49. The average Bonchev–Trinajstić information content (AvgIpc) is 3.00.